The average Bonchev–Trinajstić information content (AvgIpc) is 1.60. The van der Waals surface area contributed by atoms with Gasteiger partial charge in [-0.25, -0.2) is 4.39 Å². The molecule has 21 rings (SSSR count). The molecule has 19 aromatic carbocycles. The highest BCUT2D eigenvalue weighted by molar-refractivity contribution is 6.10. The van der Waals surface area contributed by atoms with Gasteiger partial charge in [0.25, 0.3) is 0 Å². The van der Waals surface area contributed by atoms with E-state index in [0.717, 1.165) is 39.3 Å². The van der Waals surface area contributed by atoms with Crippen molar-refractivity contribution >= 4 is 71.4 Å². The van der Waals surface area contributed by atoms with E-state index in [-0.39, 0.29) is 11.2 Å². The number of benzene rings is 19. The number of aryl methyl sites for hydroxylation is 9. The van der Waals surface area contributed by atoms with Gasteiger partial charge in [0.05, 0.1) is 29.2 Å². The molecule has 5 nitrogen and oxygen atoms in total. The fourth-order valence-electron chi connectivity index (χ4n) is 15.9. The molecule has 0 radical (unpaired) electrons. The van der Waals surface area contributed by atoms with Crippen LogP contribution >= 0.6 is 0 Å². The summed E-state index contributed by atoms with van der Waals surface area (Å²) in [7, 11) is 1.67. The van der Waals surface area contributed by atoms with Gasteiger partial charge >= 0.3 is 0 Å². The summed E-state index contributed by atoms with van der Waals surface area (Å²) in [6.45, 7) is 25.5. The summed E-state index contributed by atoms with van der Waals surface area (Å²) in [5.74, 6) is 2.48. The van der Waals surface area contributed by atoms with Gasteiger partial charge in [0, 0.05) is 50.0 Å². The molecule has 0 amide bonds. The molecule has 0 saturated heterocycles. The van der Waals surface area contributed by atoms with E-state index in [9.17, 15) is 4.39 Å². The molecule has 0 saturated carbocycles. The van der Waals surface area contributed by atoms with Crippen molar-refractivity contribution in [1.82, 2.24) is 9.13 Å². The van der Waals surface area contributed by atoms with Crippen LogP contribution in [0.25, 0.3) is 99.1 Å². The predicted octanol–water partition coefficient (Wildman–Crippen LogP) is 35.3. The van der Waals surface area contributed by atoms with Crippen LogP contribution in [0.5, 0.6) is 17.2 Å². The second-order valence-corrected chi connectivity index (χ2v) is 34.5. The molecule has 2 aromatic heterocycles. The number of hydrogen-bond donors (Lipinski definition) is 0. The lowest BCUT2D eigenvalue weighted by molar-refractivity contribution is 0.414. The third kappa shape index (κ3) is 24.8. The lowest BCUT2D eigenvalue weighted by atomic mass is 9.87. The maximum Gasteiger partial charge on any atom is 0.127 e. The molecular formula is C126H116FN3O2. The van der Waals surface area contributed by atoms with Crippen molar-refractivity contribution in [3.05, 3.63) is 529 Å². The van der Waals surface area contributed by atoms with Crippen molar-refractivity contribution in [1.29, 1.82) is 0 Å². The first-order valence-electron chi connectivity index (χ1n) is 45.2. The molecular weight excluding hydrogens is 1610 g/mol. The van der Waals surface area contributed by atoms with Crippen molar-refractivity contribution in [2.24, 2.45) is 0 Å². The number of methoxy groups -OCH3 is 1. The quantitative estimate of drug-likeness (QED) is 0.129. The number of fused-ring (bicyclic) bond motifs is 7. The summed E-state index contributed by atoms with van der Waals surface area (Å²) in [6.07, 6.45) is 0. The van der Waals surface area contributed by atoms with E-state index in [2.05, 4.69) is 418 Å². The molecule has 0 spiro atoms. The second kappa shape index (κ2) is 44.9. The van der Waals surface area contributed by atoms with Crippen LogP contribution in [0.1, 0.15) is 76.4 Å². The van der Waals surface area contributed by atoms with Gasteiger partial charge in [0.1, 0.15) is 23.1 Å². The number of ether oxygens (including phenoxy) is 2. The van der Waals surface area contributed by atoms with Crippen LogP contribution in [0, 0.1) is 68.1 Å². The molecule has 0 bridgehead atoms. The van der Waals surface area contributed by atoms with Gasteiger partial charge in [-0.3, -0.25) is 0 Å². The maximum absolute atomic E-state index is 13.5. The summed E-state index contributed by atoms with van der Waals surface area (Å²) < 4.78 is 28.8. The molecule has 132 heavy (non-hydrogen) atoms. The predicted molar refractivity (Wildman–Crippen MR) is 563 cm³/mol. The third-order valence-electron chi connectivity index (χ3n) is 22.9. The van der Waals surface area contributed by atoms with Gasteiger partial charge in [-0.15, -0.1) is 0 Å². The Kier molecular flexibility index (Phi) is 31.5. The topological polar surface area (TPSA) is 31.6 Å². The fraction of sp³-hybridized carbons (Fsp3) is 0.111. The normalized spacial score (nSPS) is 10.7. The first-order valence-corrected chi connectivity index (χ1v) is 45.2. The average molecular weight is 1720 g/mol. The zero-order valence-electron chi connectivity index (χ0n) is 78.0. The molecule has 0 atom stereocenters. The summed E-state index contributed by atoms with van der Waals surface area (Å²) in [6, 6.07) is 161. The second-order valence-electron chi connectivity index (χ2n) is 34.5. The Bertz CT molecular complexity index is 7150. The molecule has 0 unspecified atom stereocenters. The first-order chi connectivity index (χ1) is 64.2. The van der Waals surface area contributed by atoms with Crippen LogP contribution < -0.4 is 14.4 Å². The highest BCUT2D eigenvalue weighted by Crippen LogP contribution is 2.38. The minimum atomic E-state index is -0.182. The number of nitrogens with zero attached hydrogens (tertiary/aromatic N) is 3. The molecule has 0 fully saturated rings. The molecule has 21 aromatic rings. The number of halogens is 1. The smallest absolute Gasteiger partial charge is 0.127 e. The Balaban J connectivity index is 0.000000124. The van der Waals surface area contributed by atoms with Crippen molar-refractivity contribution in [3.8, 4) is 62.0 Å². The minimum absolute atomic E-state index is 0.182. The van der Waals surface area contributed by atoms with Gasteiger partial charge < -0.3 is 23.5 Å². The molecule has 0 aliphatic heterocycles. The lowest BCUT2D eigenvalue weighted by Gasteiger charge is -2.25. The summed E-state index contributed by atoms with van der Waals surface area (Å²) in [5.41, 5.74) is 31.0. The fourth-order valence-corrected chi connectivity index (χ4v) is 15.9. The van der Waals surface area contributed by atoms with Gasteiger partial charge in [-0.2, -0.15) is 0 Å². The number of hydrogen-bond acceptors (Lipinski definition) is 3. The number of para-hydroxylation sites is 5. The zero-order valence-corrected chi connectivity index (χ0v) is 78.0. The van der Waals surface area contributed by atoms with Gasteiger partial charge in [0.15, 0.2) is 0 Å². The van der Waals surface area contributed by atoms with Crippen LogP contribution in [0.2, 0.25) is 0 Å². The Morgan fingerprint density at radius 2 is 0.576 bits per heavy atom. The standard InChI is InChI=1S/C25H19N.C20H17N.C19H17N.C17H13F.C13H12O.C13H12.C11H16.C8H10O/c1-18-11-16-25-23(17-18)22-9-5-6-10-24(22)26(25)21-14-12-20(13-15-21)19-7-3-2-4-8-19;1-14-7-10-16(11-8-14)21-19-6-4-3-5-17(19)18-13-15(2)9-12-20(18)21;1-16-12-14-19(15-13-16)20(17-8-4-2-5-9-17)18-10-6-3-7-11-18;1-12-9-14(11-15(18)10-12)17-8-4-6-13-5-2-3-7-16(13)17;1-11-7-9-13(10-8-11)14-12-5-3-2-4-6-12;1-11-6-5-9-13(10-11)12-7-3-2-4-8-12;1-9-5-7-10(8-6-9)11(2,3)4;1-7-3-5-8(9-2)6-4-7/h2-17H,1H3;3-13H,1-2H3;2-15H,1H3;2-11H,1H3;2-10H,1H3;2-10H,1H3;5-8H,1-4H3;3-6H,1-2H3. The summed E-state index contributed by atoms with van der Waals surface area (Å²) in [5, 5.41) is 7.59. The zero-order chi connectivity index (χ0) is 92.3. The van der Waals surface area contributed by atoms with E-state index in [0.29, 0.717) is 0 Å². The van der Waals surface area contributed by atoms with Gasteiger partial charge in [0.2, 0.25) is 0 Å². The SMILES string of the molecule is COc1ccc(C)cc1.Cc1cc(F)cc(-c2cccc3ccccc23)c1.Cc1ccc(-n2c3ccccc3c3cc(C)ccc32)cc1.Cc1ccc(C(C)(C)C)cc1.Cc1ccc(N(c2ccccc2)c2ccccc2)cc1.Cc1ccc(Oc2ccccc2)cc1.Cc1ccc2c(c1)c1ccccc1n2-c1ccc(-c2ccccc2)cc1.Cc1cccc(-c2ccccc2)c1. The number of anilines is 3. The molecule has 0 N–H and O–H groups in total. The van der Waals surface area contributed by atoms with Crippen molar-refractivity contribution in [2.75, 3.05) is 12.0 Å². The van der Waals surface area contributed by atoms with E-state index in [4.69, 9.17) is 9.47 Å². The Morgan fingerprint density at radius 3 is 1.05 bits per heavy atom. The minimum Gasteiger partial charge on any atom is -0.497 e. The van der Waals surface area contributed by atoms with Gasteiger partial charge in [-0.1, -0.05) is 387 Å². The highest BCUT2D eigenvalue weighted by atomic mass is 19.1. The molecule has 0 aliphatic rings. The first kappa shape index (κ1) is 92.5. The van der Waals surface area contributed by atoms with E-state index in [1.54, 1.807) is 19.2 Å². The summed E-state index contributed by atoms with van der Waals surface area (Å²) >= 11 is 0. The summed E-state index contributed by atoms with van der Waals surface area (Å²) in [4.78, 5) is 2.26. The molecule has 6 heteroatoms. The maximum atomic E-state index is 13.5. The van der Waals surface area contributed by atoms with Crippen LogP contribution in [-0.2, 0) is 5.41 Å². The van der Waals surface area contributed by atoms with Crippen LogP contribution in [0.4, 0.5) is 21.5 Å². The van der Waals surface area contributed by atoms with Crippen LogP contribution in [0.3, 0.4) is 0 Å². The third-order valence-corrected chi connectivity index (χ3v) is 22.9. The Labute approximate surface area is 780 Å². The van der Waals surface area contributed by atoms with Crippen LogP contribution in [0.15, 0.2) is 467 Å². The van der Waals surface area contributed by atoms with Crippen molar-refractivity contribution in [3.63, 3.8) is 0 Å². The van der Waals surface area contributed by atoms with Crippen molar-refractivity contribution < 1.29 is 13.9 Å². The van der Waals surface area contributed by atoms with Gasteiger partial charge in [-0.05, 0) is 269 Å². The highest BCUT2D eigenvalue weighted by Gasteiger charge is 2.17. The van der Waals surface area contributed by atoms with Crippen molar-refractivity contribution in [2.45, 2.75) is 88.5 Å². The molecule has 2 heterocycles. The van der Waals surface area contributed by atoms with E-state index in [1.807, 2.05) is 134 Å². The van der Waals surface area contributed by atoms with Crippen LogP contribution in [-0.4, -0.2) is 16.2 Å². The molecule has 654 valence electrons. The monoisotopic (exact) mass is 1720 g/mol. The van der Waals surface area contributed by atoms with E-state index < -0.39 is 0 Å². The number of aromatic nitrogens is 2. The van der Waals surface area contributed by atoms with E-state index >= 15 is 0 Å². The Morgan fingerprint density at radius 1 is 0.235 bits per heavy atom. The lowest BCUT2D eigenvalue weighted by Crippen LogP contribution is -2.10. The number of rotatable bonds is 11. The Hall–Kier alpha value is -15.6. The largest absolute Gasteiger partial charge is 0.497 e. The molecule has 0 aliphatic carbocycles. The van der Waals surface area contributed by atoms with E-state index in [1.165, 1.54) is 150 Å².